The summed E-state index contributed by atoms with van der Waals surface area (Å²) in [5, 5.41) is 11.3. The molecule has 0 aromatic heterocycles. The first-order valence-corrected chi connectivity index (χ1v) is 10.0. The van der Waals surface area contributed by atoms with E-state index in [2.05, 4.69) is 4.90 Å². The van der Waals surface area contributed by atoms with E-state index < -0.39 is 4.92 Å². The van der Waals surface area contributed by atoms with Gasteiger partial charge in [-0.1, -0.05) is 19.3 Å². The summed E-state index contributed by atoms with van der Waals surface area (Å²) in [6, 6.07) is 4.68. The topological polar surface area (TPSA) is 75.9 Å². The number of benzene rings is 1. The van der Waals surface area contributed by atoms with E-state index in [9.17, 15) is 14.9 Å². The predicted molar refractivity (Wildman–Crippen MR) is 102 cm³/mol. The molecule has 7 nitrogen and oxygen atoms in total. The number of amides is 1. The van der Waals surface area contributed by atoms with Gasteiger partial charge in [-0.05, 0) is 30.7 Å². The van der Waals surface area contributed by atoms with Crippen LogP contribution in [0.5, 0.6) is 0 Å². The zero-order valence-electron chi connectivity index (χ0n) is 15.6. The SMILES string of the molecule is O=C(c1cc([N+](=O)[O-])ccc1N1CCOCC1)N1CC[C@@H]2CCCC[C@@H]2C1. The summed E-state index contributed by atoms with van der Waals surface area (Å²) in [7, 11) is 0. The largest absolute Gasteiger partial charge is 0.378 e. The molecule has 0 N–H and O–H groups in total. The molecule has 0 radical (unpaired) electrons. The molecule has 2 atom stereocenters. The number of morpholine rings is 1. The van der Waals surface area contributed by atoms with Crippen molar-refractivity contribution in [1.29, 1.82) is 0 Å². The van der Waals surface area contributed by atoms with Crippen molar-refractivity contribution in [3.05, 3.63) is 33.9 Å². The molecule has 0 bridgehead atoms. The molecular weight excluding hydrogens is 346 g/mol. The highest BCUT2D eigenvalue weighted by Gasteiger charge is 2.34. The smallest absolute Gasteiger partial charge is 0.270 e. The molecule has 2 saturated heterocycles. The Bertz CT molecular complexity index is 717. The maximum atomic E-state index is 13.4. The summed E-state index contributed by atoms with van der Waals surface area (Å²) < 4.78 is 5.41. The van der Waals surface area contributed by atoms with E-state index in [1.54, 1.807) is 6.07 Å². The van der Waals surface area contributed by atoms with Gasteiger partial charge in [-0.3, -0.25) is 14.9 Å². The molecule has 1 amide bonds. The van der Waals surface area contributed by atoms with Crippen LogP contribution < -0.4 is 4.90 Å². The second-order valence-corrected chi connectivity index (χ2v) is 7.90. The Morgan fingerprint density at radius 3 is 2.56 bits per heavy atom. The molecule has 0 spiro atoms. The number of carbonyl (C=O) groups excluding carboxylic acids is 1. The van der Waals surface area contributed by atoms with Crippen LogP contribution in [-0.4, -0.2) is 55.1 Å². The maximum absolute atomic E-state index is 13.4. The van der Waals surface area contributed by atoms with Gasteiger partial charge in [0.1, 0.15) is 0 Å². The van der Waals surface area contributed by atoms with Gasteiger partial charge in [0.25, 0.3) is 11.6 Å². The molecule has 7 heteroatoms. The van der Waals surface area contributed by atoms with Crippen molar-refractivity contribution < 1.29 is 14.5 Å². The lowest BCUT2D eigenvalue weighted by Crippen LogP contribution is -2.45. The van der Waals surface area contributed by atoms with Crippen molar-refractivity contribution in [3.8, 4) is 0 Å². The molecule has 1 aromatic carbocycles. The number of nitro benzene ring substituents is 1. The normalized spacial score (nSPS) is 25.8. The van der Waals surface area contributed by atoms with Crippen LogP contribution in [0, 0.1) is 22.0 Å². The minimum atomic E-state index is -0.423. The highest BCUT2D eigenvalue weighted by Crippen LogP contribution is 2.37. The van der Waals surface area contributed by atoms with Crippen LogP contribution in [0.25, 0.3) is 0 Å². The van der Waals surface area contributed by atoms with E-state index in [0.717, 1.165) is 31.1 Å². The molecule has 2 heterocycles. The van der Waals surface area contributed by atoms with Crippen molar-refractivity contribution in [2.75, 3.05) is 44.3 Å². The minimum Gasteiger partial charge on any atom is -0.378 e. The molecule has 2 aliphatic heterocycles. The van der Waals surface area contributed by atoms with Gasteiger partial charge in [-0.25, -0.2) is 0 Å². The number of nitrogens with zero attached hydrogens (tertiary/aromatic N) is 3. The van der Waals surface area contributed by atoms with Crippen molar-refractivity contribution in [2.24, 2.45) is 11.8 Å². The number of nitro groups is 1. The molecule has 3 fully saturated rings. The van der Waals surface area contributed by atoms with Gasteiger partial charge in [0.05, 0.1) is 29.4 Å². The second kappa shape index (κ2) is 7.84. The maximum Gasteiger partial charge on any atom is 0.270 e. The Morgan fingerprint density at radius 2 is 1.81 bits per heavy atom. The van der Waals surface area contributed by atoms with E-state index in [4.69, 9.17) is 4.74 Å². The molecule has 4 rings (SSSR count). The summed E-state index contributed by atoms with van der Waals surface area (Å²) in [4.78, 5) is 28.2. The highest BCUT2D eigenvalue weighted by molar-refractivity contribution is 6.00. The number of ether oxygens (including phenoxy) is 1. The Kier molecular flexibility index (Phi) is 5.29. The van der Waals surface area contributed by atoms with Crippen LogP contribution in [0.2, 0.25) is 0 Å². The van der Waals surface area contributed by atoms with Gasteiger partial charge >= 0.3 is 0 Å². The summed E-state index contributed by atoms with van der Waals surface area (Å²) in [6.07, 6.45) is 6.08. The first kappa shape index (κ1) is 18.2. The van der Waals surface area contributed by atoms with Crippen LogP contribution in [0.15, 0.2) is 18.2 Å². The van der Waals surface area contributed by atoms with E-state index in [1.807, 2.05) is 4.90 Å². The molecular formula is C20H27N3O4. The zero-order chi connectivity index (χ0) is 18.8. The highest BCUT2D eigenvalue weighted by atomic mass is 16.6. The lowest BCUT2D eigenvalue weighted by Gasteiger charge is -2.41. The number of rotatable bonds is 3. The fraction of sp³-hybridized carbons (Fsp3) is 0.650. The van der Waals surface area contributed by atoms with E-state index in [0.29, 0.717) is 37.8 Å². The Morgan fingerprint density at radius 1 is 1.07 bits per heavy atom. The van der Waals surface area contributed by atoms with Gasteiger partial charge < -0.3 is 14.5 Å². The van der Waals surface area contributed by atoms with Crippen LogP contribution in [0.4, 0.5) is 11.4 Å². The third-order valence-electron chi connectivity index (χ3n) is 6.35. The summed E-state index contributed by atoms with van der Waals surface area (Å²) in [5.74, 6) is 1.26. The minimum absolute atomic E-state index is 0.0251. The second-order valence-electron chi connectivity index (χ2n) is 7.90. The Labute approximate surface area is 159 Å². The Hall–Kier alpha value is -2.15. The van der Waals surface area contributed by atoms with Gasteiger partial charge in [-0.15, -0.1) is 0 Å². The lowest BCUT2D eigenvalue weighted by molar-refractivity contribution is -0.384. The number of likely N-dealkylation sites (tertiary alicyclic amines) is 1. The quantitative estimate of drug-likeness (QED) is 0.601. The number of non-ortho nitro benzene ring substituents is 1. The van der Waals surface area contributed by atoms with Crippen LogP contribution in [0.3, 0.4) is 0 Å². The number of hydrogen-bond acceptors (Lipinski definition) is 5. The van der Waals surface area contributed by atoms with Crippen molar-refractivity contribution in [2.45, 2.75) is 32.1 Å². The van der Waals surface area contributed by atoms with Gasteiger partial charge in [0.2, 0.25) is 0 Å². The fourth-order valence-electron chi connectivity index (χ4n) is 4.84. The molecule has 146 valence electrons. The zero-order valence-corrected chi connectivity index (χ0v) is 15.6. The number of anilines is 1. The summed E-state index contributed by atoms with van der Waals surface area (Å²) >= 11 is 0. The number of piperidine rings is 1. The van der Waals surface area contributed by atoms with Crippen molar-refractivity contribution in [3.63, 3.8) is 0 Å². The van der Waals surface area contributed by atoms with E-state index in [-0.39, 0.29) is 11.6 Å². The molecule has 1 aromatic rings. The van der Waals surface area contributed by atoms with Crippen LogP contribution in [0.1, 0.15) is 42.5 Å². The van der Waals surface area contributed by atoms with E-state index >= 15 is 0 Å². The van der Waals surface area contributed by atoms with E-state index in [1.165, 1.54) is 37.8 Å². The molecule has 0 unspecified atom stereocenters. The third kappa shape index (κ3) is 3.78. The standard InChI is InChI=1S/C20H27N3O4/c24-20(22-8-7-15-3-1-2-4-16(15)14-22)18-13-17(23(25)26)5-6-19(18)21-9-11-27-12-10-21/h5-6,13,15-16H,1-4,7-12,14H2/t15-,16+/m0/s1. The summed E-state index contributed by atoms with van der Waals surface area (Å²) in [5.41, 5.74) is 1.22. The van der Waals surface area contributed by atoms with Gasteiger partial charge in [-0.2, -0.15) is 0 Å². The van der Waals surface area contributed by atoms with Crippen LogP contribution in [-0.2, 0) is 4.74 Å². The summed E-state index contributed by atoms with van der Waals surface area (Å²) in [6.45, 7) is 4.15. The molecule has 1 aliphatic carbocycles. The predicted octanol–water partition coefficient (Wildman–Crippen LogP) is 3.08. The molecule has 1 saturated carbocycles. The number of carbonyl (C=O) groups is 1. The molecule has 3 aliphatic rings. The van der Waals surface area contributed by atoms with Crippen molar-refractivity contribution >= 4 is 17.3 Å². The van der Waals surface area contributed by atoms with Gasteiger partial charge in [0, 0.05) is 38.3 Å². The average Bonchev–Trinajstić information content (AvgIpc) is 2.73. The van der Waals surface area contributed by atoms with Gasteiger partial charge in [0.15, 0.2) is 0 Å². The first-order chi connectivity index (χ1) is 13.1. The average molecular weight is 373 g/mol. The monoisotopic (exact) mass is 373 g/mol. The lowest BCUT2D eigenvalue weighted by atomic mass is 9.75. The Balaban J connectivity index is 1.60. The first-order valence-electron chi connectivity index (χ1n) is 10.0. The molecule has 27 heavy (non-hydrogen) atoms. The number of fused-ring (bicyclic) bond motifs is 1. The van der Waals surface area contributed by atoms with Crippen molar-refractivity contribution in [1.82, 2.24) is 4.90 Å². The van der Waals surface area contributed by atoms with Crippen LogP contribution >= 0.6 is 0 Å². The third-order valence-corrected chi connectivity index (χ3v) is 6.35. The fourth-order valence-corrected chi connectivity index (χ4v) is 4.84. The number of hydrogen-bond donors (Lipinski definition) is 0.